The average molecular weight is 260 g/mol. The molecule has 0 spiro atoms. The minimum atomic E-state index is -0.397. The number of carbonyl (C=O) groups is 1. The van der Waals surface area contributed by atoms with Crippen LogP contribution < -0.4 is 5.32 Å². The Morgan fingerprint density at radius 1 is 1.42 bits per heavy atom. The van der Waals surface area contributed by atoms with Gasteiger partial charge in [0.25, 0.3) is 5.91 Å². The van der Waals surface area contributed by atoms with Crippen LogP contribution in [0, 0.1) is 0 Å². The summed E-state index contributed by atoms with van der Waals surface area (Å²) in [7, 11) is 0. The molecule has 0 aliphatic rings. The van der Waals surface area contributed by atoms with Gasteiger partial charge in [-0.05, 0) is 12.1 Å². The molecule has 0 aliphatic carbocycles. The van der Waals surface area contributed by atoms with E-state index in [0.29, 0.717) is 17.3 Å². The van der Waals surface area contributed by atoms with Crippen LogP contribution in [-0.2, 0) is 6.54 Å². The lowest BCUT2D eigenvalue weighted by molar-refractivity contribution is 0.0941. The molecule has 3 heterocycles. The van der Waals surface area contributed by atoms with Crippen molar-refractivity contribution in [1.82, 2.24) is 31.1 Å². The number of aromatic nitrogens is 5. The first-order valence-corrected chi connectivity index (χ1v) is 5.34. The largest absolute Gasteiger partial charge is 0.461 e. The Morgan fingerprint density at radius 2 is 2.37 bits per heavy atom. The van der Waals surface area contributed by atoms with E-state index in [4.69, 9.17) is 8.94 Å². The van der Waals surface area contributed by atoms with Crippen molar-refractivity contribution < 1.29 is 13.7 Å². The molecule has 0 unspecified atom stereocenters. The standard InChI is InChI=1S/C10H8N6O3/c17-10(11-5-9-12-15-16-13-9)6-4-8(19-14-6)7-2-1-3-18-7/h1-4H,5H2,(H,11,17)(H,12,13,15,16). The molecule has 0 radical (unpaired) electrons. The number of hydrogen-bond donors (Lipinski definition) is 2. The summed E-state index contributed by atoms with van der Waals surface area (Å²) >= 11 is 0. The maximum absolute atomic E-state index is 11.8. The predicted molar refractivity (Wildman–Crippen MR) is 59.6 cm³/mol. The quantitative estimate of drug-likeness (QED) is 0.694. The topological polar surface area (TPSA) is 123 Å². The molecule has 96 valence electrons. The van der Waals surface area contributed by atoms with E-state index in [1.165, 1.54) is 12.3 Å². The average Bonchev–Trinajstić information content (AvgIpc) is 3.14. The van der Waals surface area contributed by atoms with E-state index in [0.717, 1.165) is 0 Å². The molecule has 9 nitrogen and oxygen atoms in total. The van der Waals surface area contributed by atoms with E-state index in [2.05, 4.69) is 31.1 Å². The summed E-state index contributed by atoms with van der Waals surface area (Å²) in [6.07, 6.45) is 1.51. The van der Waals surface area contributed by atoms with Crippen LogP contribution in [0.2, 0.25) is 0 Å². The highest BCUT2D eigenvalue weighted by molar-refractivity contribution is 5.92. The lowest BCUT2D eigenvalue weighted by atomic mass is 10.3. The zero-order valence-corrected chi connectivity index (χ0v) is 9.53. The molecule has 0 saturated heterocycles. The third kappa shape index (κ3) is 2.34. The molecule has 0 atom stereocenters. The molecule has 0 aromatic carbocycles. The molecule has 0 fully saturated rings. The van der Waals surface area contributed by atoms with Crippen molar-refractivity contribution in [2.45, 2.75) is 6.54 Å². The van der Waals surface area contributed by atoms with Crippen LogP contribution in [0.4, 0.5) is 0 Å². The third-order valence-electron chi connectivity index (χ3n) is 2.30. The summed E-state index contributed by atoms with van der Waals surface area (Å²) in [4.78, 5) is 11.8. The first kappa shape index (κ1) is 11.1. The van der Waals surface area contributed by atoms with E-state index in [1.807, 2.05) is 0 Å². The second-order valence-corrected chi connectivity index (χ2v) is 3.56. The van der Waals surface area contributed by atoms with Gasteiger partial charge in [0.2, 0.25) is 5.76 Å². The predicted octanol–water partition coefficient (Wildman–Crippen LogP) is 0.378. The van der Waals surface area contributed by atoms with Crippen LogP contribution in [0.5, 0.6) is 0 Å². The Bertz CT molecular complexity index is 657. The highest BCUT2D eigenvalue weighted by Gasteiger charge is 2.15. The molecule has 0 bridgehead atoms. The number of nitrogens with zero attached hydrogens (tertiary/aromatic N) is 4. The zero-order chi connectivity index (χ0) is 13.1. The summed E-state index contributed by atoms with van der Waals surface area (Å²) in [5.74, 6) is 0.869. The number of rotatable bonds is 4. The van der Waals surface area contributed by atoms with Crippen molar-refractivity contribution in [2.75, 3.05) is 0 Å². The second-order valence-electron chi connectivity index (χ2n) is 3.56. The fourth-order valence-electron chi connectivity index (χ4n) is 1.42. The van der Waals surface area contributed by atoms with Crippen LogP contribution in [-0.4, -0.2) is 31.7 Å². The van der Waals surface area contributed by atoms with E-state index in [-0.39, 0.29) is 12.2 Å². The van der Waals surface area contributed by atoms with Crippen molar-refractivity contribution >= 4 is 5.91 Å². The maximum atomic E-state index is 11.8. The van der Waals surface area contributed by atoms with Crippen molar-refractivity contribution in [1.29, 1.82) is 0 Å². The van der Waals surface area contributed by atoms with Crippen molar-refractivity contribution in [2.24, 2.45) is 0 Å². The molecule has 3 aromatic heterocycles. The minimum absolute atomic E-state index is 0.148. The number of nitrogens with one attached hydrogen (secondary N) is 2. The van der Waals surface area contributed by atoms with Gasteiger partial charge in [-0.25, -0.2) is 0 Å². The van der Waals surface area contributed by atoms with E-state index >= 15 is 0 Å². The molecule has 0 aliphatic heterocycles. The summed E-state index contributed by atoms with van der Waals surface area (Å²) in [6, 6.07) is 4.92. The summed E-state index contributed by atoms with van der Waals surface area (Å²) in [5.41, 5.74) is 0.148. The highest BCUT2D eigenvalue weighted by Crippen LogP contribution is 2.20. The zero-order valence-electron chi connectivity index (χ0n) is 9.53. The van der Waals surface area contributed by atoms with Crippen LogP contribution in [0.25, 0.3) is 11.5 Å². The first-order chi connectivity index (χ1) is 9.33. The van der Waals surface area contributed by atoms with Gasteiger partial charge < -0.3 is 14.3 Å². The van der Waals surface area contributed by atoms with Crippen molar-refractivity contribution in [3.8, 4) is 11.5 Å². The van der Waals surface area contributed by atoms with Crippen LogP contribution in [0.3, 0.4) is 0 Å². The minimum Gasteiger partial charge on any atom is -0.461 e. The van der Waals surface area contributed by atoms with E-state index in [1.54, 1.807) is 12.1 Å². The van der Waals surface area contributed by atoms with Gasteiger partial charge in [0, 0.05) is 6.07 Å². The van der Waals surface area contributed by atoms with Crippen molar-refractivity contribution in [3.05, 3.63) is 36.0 Å². The Balaban J connectivity index is 1.67. The lowest BCUT2D eigenvalue weighted by Gasteiger charge is -1.96. The molecule has 2 N–H and O–H groups in total. The number of amides is 1. The Kier molecular flexibility index (Phi) is 2.77. The Morgan fingerprint density at radius 3 is 3.11 bits per heavy atom. The van der Waals surface area contributed by atoms with Crippen molar-refractivity contribution in [3.63, 3.8) is 0 Å². The summed E-state index contributed by atoms with van der Waals surface area (Å²) in [5, 5.41) is 19.3. The Labute approximate surface area is 106 Å². The number of carbonyl (C=O) groups excluding carboxylic acids is 1. The van der Waals surface area contributed by atoms with Gasteiger partial charge in [-0.3, -0.25) is 4.79 Å². The van der Waals surface area contributed by atoms with Gasteiger partial charge in [-0.15, -0.1) is 10.2 Å². The van der Waals surface area contributed by atoms with Gasteiger partial charge in [0.15, 0.2) is 17.3 Å². The normalized spacial score (nSPS) is 10.5. The fourth-order valence-corrected chi connectivity index (χ4v) is 1.42. The number of furan rings is 1. The first-order valence-electron chi connectivity index (χ1n) is 5.34. The third-order valence-corrected chi connectivity index (χ3v) is 2.30. The molecular weight excluding hydrogens is 252 g/mol. The molecule has 3 rings (SSSR count). The van der Waals surface area contributed by atoms with Gasteiger partial charge >= 0.3 is 0 Å². The molecule has 0 saturated carbocycles. The monoisotopic (exact) mass is 260 g/mol. The molecule has 3 aromatic rings. The van der Waals surface area contributed by atoms with E-state index in [9.17, 15) is 4.79 Å². The van der Waals surface area contributed by atoms with Gasteiger partial charge in [0.1, 0.15) is 0 Å². The SMILES string of the molecule is O=C(NCc1nn[nH]n1)c1cc(-c2ccco2)on1. The molecule has 1 amide bonds. The highest BCUT2D eigenvalue weighted by atomic mass is 16.5. The molecule has 9 heteroatoms. The maximum Gasteiger partial charge on any atom is 0.273 e. The Hall–Kier alpha value is -2.97. The van der Waals surface area contributed by atoms with E-state index < -0.39 is 5.91 Å². The second kappa shape index (κ2) is 4.72. The lowest BCUT2D eigenvalue weighted by Crippen LogP contribution is -2.23. The van der Waals surface area contributed by atoms with Gasteiger partial charge in [0.05, 0.1) is 12.8 Å². The summed E-state index contributed by atoms with van der Waals surface area (Å²) in [6.45, 7) is 0.151. The smallest absolute Gasteiger partial charge is 0.273 e. The number of aromatic amines is 1. The van der Waals surface area contributed by atoms with Gasteiger partial charge in [-0.1, -0.05) is 10.4 Å². The molecular formula is C10H8N6O3. The number of H-pyrrole nitrogens is 1. The van der Waals surface area contributed by atoms with Gasteiger partial charge in [-0.2, -0.15) is 5.21 Å². The van der Waals surface area contributed by atoms with Crippen LogP contribution >= 0.6 is 0 Å². The summed E-state index contributed by atoms with van der Waals surface area (Å²) < 4.78 is 10.1. The van der Waals surface area contributed by atoms with Crippen LogP contribution in [0.1, 0.15) is 16.3 Å². The number of hydrogen-bond acceptors (Lipinski definition) is 7. The van der Waals surface area contributed by atoms with Crippen LogP contribution in [0.15, 0.2) is 33.4 Å². The molecule has 19 heavy (non-hydrogen) atoms. The number of tetrazole rings is 1. The fraction of sp³-hybridized carbons (Fsp3) is 0.100.